The van der Waals surface area contributed by atoms with Gasteiger partial charge in [-0.05, 0) is 18.1 Å². The van der Waals surface area contributed by atoms with Gasteiger partial charge in [-0.15, -0.1) is 0 Å². The molecule has 0 bridgehead atoms. The van der Waals surface area contributed by atoms with Crippen molar-refractivity contribution in [2.75, 3.05) is 5.32 Å². The molecule has 0 spiro atoms. The van der Waals surface area contributed by atoms with Crippen LogP contribution in [0.4, 0.5) is 5.69 Å². The number of amides is 1. The SMILES string of the molecule is O=C(Nc1ccccc1-c1ccccc1)C1NNC2CCC([N+](=O)[O-])CC21. The highest BCUT2D eigenvalue weighted by Crippen LogP contribution is 2.33. The molecular weight excluding hydrogens is 344 g/mol. The molecule has 1 heterocycles. The number of carbonyl (C=O) groups excluding carboxylic acids is 1. The van der Waals surface area contributed by atoms with Gasteiger partial charge in [0.05, 0.1) is 0 Å². The molecule has 0 radical (unpaired) electrons. The van der Waals surface area contributed by atoms with Crippen LogP contribution in [-0.4, -0.2) is 29.0 Å². The summed E-state index contributed by atoms with van der Waals surface area (Å²) in [5.41, 5.74) is 8.91. The van der Waals surface area contributed by atoms with E-state index in [0.29, 0.717) is 19.3 Å². The molecule has 0 aromatic heterocycles. The highest BCUT2D eigenvalue weighted by molar-refractivity contribution is 5.98. The Morgan fingerprint density at radius 2 is 1.78 bits per heavy atom. The second-order valence-electron chi connectivity index (χ2n) is 7.19. The van der Waals surface area contributed by atoms with Crippen LogP contribution < -0.4 is 16.2 Å². The molecule has 27 heavy (non-hydrogen) atoms. The fourth-order valence-corrected chi connectivity index (χ4v) is 4.16. The number of nitro groups is 1. The highest BCUT2D eigenvalue weighted by Gasteiger charge is 2.46. The van der Waals surface area contributed by atoms with Crippen molar-refractivity contribution in [3.05, 3.63) is 64.7 Å². The minimum absolute atomic E-state index is 0.0852. The van der Waals surface area contributed by atoms with Gasteiger partial charge in [0.25, 0.3) is 0 Å². The van der Waals surface area contributed by atoms with Gasteiger partial charge in [-0.2, -0.15) is 0 Å². The first-order valence-electron chi connectivity index (χ1n) is 9.23. The lowest BCUT2D eigenvalue weighted by Gasteiger charge is -2.28. The van der Waals surface area contributed by atoms with Crippen molar-refractivity contribution in [2.24, 2.45) is 5.92 Å². The Kier molecular flexibility index (Phi) is 4.87. The molecule has 7 heteroatoms. The van der Waals surface area contributed by atoms with Crippen molar-refractivity contribution in [1.82, 2.24) is 10.9 Å². The maximum absolute atomic E-state index is 12.9. The van der Waals surface area contributed by atoms with Crippen molar-refractivity contribution < 1.29 is 9.72 Å². The van der Waals surface area contributed by atoms with Gasteiger partial charge in [0.1, 0.15) is 6.04 Å². The molecule has 1 aliphatic carbocycles. The number of hydrogen-bond donors (Lipinski definition) is 3. The lowest BCUT2D eigenvalue weighted by molar-refractivity contribution is -0.528. The van der Waals surface area contributed by atoms with E-state index >= 15 is 0 Å². The summed E-state index contributed by atoms with van der Waals surface area (Å²) in [6.45, 7) is 0. The average Bonchev–Trinajstić information content (AvgIpc) is 3.12. The van der Waals surface area contributed by atoms with E-state index < -0.39 is 12.1 Å². The Balaban J connectivity index is 1.52. The topological polar surface area (TPSA) is 96.3 Å². The Morgan fingerprint density at radius 3 is 2.56 bits per heavy atom. The fraction of sp³-hybridized carbons (Fsp3) is 0.350. The number of nitrogens with zero attached hydrogens (tertiary/aromatic N) is 1. The molecule has 1 aliphatic heterocycles. The number of hydrazine groups is 1. The van der Waals surface area contributed by atoms with Gasteiger partial charge < -0.3 is 5.32 Å². The van der Waals surface area contributed by atoms with Crippen molar-refractivity contribution in [1.29, 1.82) is 0 Å². The number of rotatable bonds is 4. The normalized spacial score (nSPS) is 27.0. The summed E-state index contributed by atoms with van der Waals surface area (Å²) >= 11 is 0. The quantitative estimate of drug-likeness (QED) is 0.571. The molecular formula is C20H22N4O3. The molecule has 1 amide bonds. The Hall–Kier alpha value is -2.77. The largest absolute Gasteiger partial charge is 0.324 e. The van der Waals surface area contributed by atoms with Crippen LogP contribution in [0.3, 0.4) is 0 Å². The average molecular weight is 366 g/mol. The third-order valence-corrected chi connectivity index (χ3v) is 5.57. The summed E-state index contributed by atoms with van der Waals surface area (Å²) in [6.07, 6.45) is 1.66. The summed E-state index contributed by atoms with van der Waals surface area (Å²) in [5, 5.41) is 14.2. The third kappa shape index (κ3) is 3.56. The minimum atomic E-state index is -0.570. The van der Waals surface area contributed by atoms with Crippen LogP contribution in [0.15, 0.2) is 54.6 Å². The second-order valence-corrected chi connectivity index (χ2v) is 7.19. The Labute approximate surface area is 157 Å². The predicted octanol–water partition coefficient (Wildman–Crippen LogP) is 2.58. The van der Waals surface area contributed by atoms with Crippen LogP contribution in [0.2, 0.25) is 0 Å². The molecule has 4 unspecified atom stereocenters. The first-order chi connectivity index (χ1) is 13.1. The zero-order valence-electron chi connectivity index (χ0n) is 14.8. The number of benzene rings is 2. The summed E-state index contributed by atoms with van der Waals surface area (Å²) in [4.78, 5) is 23.9. The van der Waals surface area contributed by atoms with Gasteiger partial charge in [-0.1, -0.05) is 48.5 Å². The molecule has 2 fully saturated rings. The maximum Gasteiger partial charge on any atom is 0.243 e. The van der Waals surface area contributed by atoms with Crippen LogP contribution in [0.5, 0.6) is 0 Å². The Morgan fingerprint density at radius 1 is 1.04 bits per heavy atom. The molecule has 1 saturated carbocycles. The standard InChI is InChI=1S/C20H22N4O3/c25-20(19-16-12-14(24(26)27)10-11-18(16)22-23-19)21-17-9-5-4-8-15(17)13-6-2-1-3-7-13/h1-9,14,16,18-19,22-23H,10-12H2,(H,21,25). The number of para-hydroxylation sites is 1. The van der Waals surface area contributed by atoms with E-state index in [1.807, 2.05) is 54.6 Å². The first kappa shape index (κ1) is 17.6. The van der Waals surface area contributed by atoms with E-state index in [0.717, 1.165) is 16.8 Å². The van der Waals surface area contributed by atoms with Gasteiger partial charge in [0.15, 0.2) is 0 Å². The third-order valence-electron chi connectivity index (χ3n) is 5.57. The molecule has 7 nitrogen and oxygen atoms in total. The summed E-state index contributed by atoms with van der Waals surface area (Å²) in [6, 6.07) is 16.6. The fourth-order valence-electron chi connectivity index (χ4n) is 4.16. The van der Waals surface area contributed by atoms with Crippen LogP contribution in [0.1, 0.15) is 19.3 Å². The first-order valence-corrected chi connectivity index (χ1v) is 9.23. The van der Waals surface area contributed by atoms with Crippen molar-refractivity contribution in [3.63, 3.8) is 0 Å². The number of carbonyl (C=O) groups is 1. The van der Waals surface area contributed by atoms with Gasteiger partial charge in [-0.3, -0.25) is 20.3 Å². The molecule has 4 atom stereocenters. The highest BCUT2D eigenvalue weighted by atomic mass is 16.6. The number of nitrogens with one attached hydrogen (secondary N) is 3. The van der Waals surface area contributed by atoms with Crippen LogP contribution in [0.25, 0.3) is 11.1 Å². The molecule has 3 N–H and O–H groups in total. The van der Waals surface area contributed by atoms with E-state index in [4.69, 9.17) is 0 Å². The molecule has 1 saturated heterocycles. The summed E-state index contributed by atoms with van der Waals surface area (Å²) < 4.78 is 0. The number of hydrogen-bond acceptors (Lipinski definition) is 5. The molecule has 140 valence electrons. The van der Waals surface area contributed by atoms with Gasteiger partial charge >= 0.3 is 0 Å². The zero-order chi connectivity index (χ0) is 18.8. The maximum atomic E-state index is 12.9. The Bertz CT molecular complexity index is 842. The minimum Gasteiger partial charge on any atom is -0.324 e. The van der Waals surface area contributed by atoms with E-state index in [1.165, 1.54) is 0 Å². The van der Waals surface area contributed by atoms with Crippen molar-refractivity contribution in [3.8, 4) is 11.1 Å². The summed E-state index contributed by atoms with van der Waals surface area (Å²) in [5.74, 6) is -0.250. The second kappa shape index (κ2) is 7.46. The zero-order valence-corrected chi connectivity index (χ0v) is 14.8. The van der Waals surface area contributed by atoms with Crippen LogP contribution in [-0.2, 0) is 4.79 Å². The van der Waals surface area contributed by atoms with Crippen LogP contribution >= 0.6 is 0 Å². The van der Waals surface area contributed by atoms with E-state index in [1.54, 1.807) is 0 Å². The molecule has 2 aliphatic rings. The van der Waals surface area contributed by atoms with Crippen molar-refractivity contribution in [2.45, 2.75) is 37.4 Å². The monoisotopic (exact) mass is 366 g/mol. The lowest BCUT2D eigenvalue weighted by atomic mass is 9.79. The number of fused-ring (bicyclic) bond motifs is 1. The van der Waals surface area contributed by atoms with Gasteiger partial charge in [0, 0.05) is 41.0 Å². The molecule has 2 aromatic rings. The number of anilines is 1. The summed E-state index contributed by atoms with van der Waals surface area (Å²) in [7, 11) is 0. The lowest BCUT2D eigenvalue weighted by Crippen LogP contribution is -2.44. The molecule has 2 aromatic carbocycles. The predicted molar refractivity (Wildman–Crippen MR) is 102 cm³/mol. The van der Waals surface area contributed by atoms with Crippen LogP contribution in [0, 0.1) is 16.0 Å². The molecule has 4 rings (SSSR count). The van der Waals surface area contributed by atoms with Gasteiger partial charge in [-0.25, -0.2) is 5.43 Å². The van der Waals surface area contributed by atoms with E-state index in [2.05, 4.69) is 16.2 Å². The van der Waals surface area contributed by atoms with E-state index in [-0.39, 0.29) is 22.8 Å². The van der Waals surface area contributed by atoms with Gasteiger partial charge in [0.2, 0.25) is 11.9 Å². The van der Waals surface area contributed by atoms with E-state index in [9.17, 15) is 14.9 Å². The van der Waals surface area contributed by atoms with Crippen molar-refractivity contribution >= 4 is 11.6 Å². The smallest absolute Gasteiger partial charge is 0.243 e.